The molecule has 3 aromatic carbocycles. The van der Waals surface area contributed by atoms with E-state index in [4.69, 9.17) is 4.74 Å². The fourth-order valence-electron chi connectivity index (χ4n) is 5.80. The number of carbonyl (C=O) groups excluding carboxylic acids is 2. The Hall–Kier alpha value is -4.30. The van der Waals surface area contributed by atoms with Crippen LogP contribution in [0.25, 0.3) is 5.76 Å². The minimum Gasteiger partial charge on any atom is -0.507 e. The first-order chi connectivity index (χ1) is 19.3. The highest BCUT2D eigenvalue weighted by atomic mass is 16.5. The van der Waals surface area contributed by atoms with E-state index in [-0.39, 0.29) is 11.3 Å². The number of carbonyl (C=O) groups is 2. The Morgan fingerprint density at radius 3 is 2.33 bits per heavy atom. The maximum Gasteiger partial charge on any atom is 0.300 e. The molecule has 6 rings (SSSR count). The van der Waals surface area contributed by atoms with Crippen LogP contribution in [-0.4, -0.2) is 75.1 Å². The number of hydrogen-bond donors (Lipinski definition) is 1. The highest BCUT2D eigenvalue weighted by Gasteiger charge is 2.47. The van der Waals surface area contributed by atoms with E-state index >= 15 is 0 Å². The molecular weight excluding hydrogens is 504 g/mol. The lowest BCUT2D eigenvalue weighted by Gasteiger charge is -2.34. The lowest BCUT2D eigenvalue weighted by atomic mass is 9.94. The number of Topliss-reactive ketones (excluding diaryl/α,β-unsaturated/α-hetero) is 1. The molecule has 0 bridgehead atoms. The number of fused-ring (bicyclic) bond motifs is 1. The zero-order valence-corrected chi connectivity index (χ0v) is 23.1. The van der Waals surface area contributed by atoms with Crippen molar-refractivity contribution in [2.45, 2.75) is 13.0 Å². The van der Waals surface area contributed by atoms with E-state index in [1.54, 1.807) is 12.1 Å². The molecule has 0 aromatic heterocycles. The van der Waals surface area contributed by atoms with Crippen LogP contribution in [0.3, 0.4) is 0 Å². The van der Waals surface area contributed by atoms with Gasteiger partial charge in [0.05, 0.1) is 23.8 Å². The molecule has 2 fully saturated rings. The number of benzene rings is 3. The number of aliphatic hydroxyl groups excluding tert-OH is 1. The van der Waals surface area contributed by atoms with Crippen LogP contribution in [0.4, 0.5) is 17.1 Å². The lowest BCUT2D eigenvalue weighted by molar-refractivity contribution is -0.132. The van der Waals surface area contributed by atoms with Crippen LogP contribution in [0.2, 0.25) is 0 Å². The first-order valence-electron chi connectivity index (χ1n) is 13.7. The summed E-state index contributed by atoms with van der Waals surface area (Å²) < 4.78 is 5.75. The van der Waals surface area contributed by atoms with E-state index in [0.717, 1.165) is 61.0 Å². The van der Waals surface area contributed by atoms with Crippen molar-refractivity contribution in [3.8, 4) is 5.75 Å². The molecule has 2 saturated heterocycles. The Bertz CT molecular complexity index is 1490. The average molecular weight is 539 g/mol. The summed E-state index contributed by atoms with van der Waals surface area (Å²) in [5.74, 6) is -0.821. The third-order valence-electron chi connectivity index (χ3n) is 8.13. The number of aryl methyl sites for hydroxylation is 1. The Labute approximate surface area is 234 Å². The van der Waals surface area contributed by atoms with Crippen LogP contribution in [0, 0.1) is 6.92 Å². The van der Waals surface area contributed by atoms with Gasteiger partial charge in [-0.1, -0.05) is 29.8 Å². The van der Waals surface area contributed by atoms with Gasteiger partial charge in [-0.3, -0.25) is 14.5 Å². The van der Waals surface area contributed by atoms with Gasteiger partial charge in [0.15, 0.2) is 0 Å². The third kappa shape index (κ3) is 4.58. The van der Waals surface area contributed by atoms with Crippen molar-refractivity contribution >= 4 is 34.5 Å². The zero-order chi connectivity index (χ0) is 28.0. The molecule has 40 heavy (non-hydrogen) atoms. The van der Waals surface area contributed by atoms with Gasteiger partial charge in [0, 0.05) is 50.2 Å². The standard InChI is InChI=1S/C32H34N4O4/c1-21-5-4-6-22(19-21)29-28(30(37)23-7-12-27-26(20-23)34(3)17-18-40-27)31(38)32(39)36(29)25-10-8-24(9-11-25)35-15-13-33(2)14-16-35/h4-12,19-20,29,37H,13-18H2,1-3H3/b30-28-. The van der Waals surface area contributed by atoms with Crippen molar-refractivity contribution in [2.75, 3.05) is 68.1 Å². The molecule has 3 aliphatic heterocycles. The third-order valence-corrected chi connectivity index (χ3v) is 8.13. The summed E-state index contributed by atoms with van der Waals surface area (Å²) in [6.07, 6.45) is 0. The molecule has 0 aliphatic carbocycles. The van der Waals surface area contributed by atoms with Crippen LogP contribution in [-0.2, 0) is 9.59 Å². The number of amides is 1. The normalized spacial score (nSPS) is 21.0. The molecule has 3 aliphatic rings. The number of likely N-dealkylation sites (N-methyl/N-ethyl adjacent to an activating group) is 2. The second-order valence-corrected chi connectivity index (χ2v) is 10.8. The number of ketones is 1. The SMILES string of the molecule is Cc1cccc(C2/C(=C(/O)c3ccc4c(c3)N(C)CCO4)C(=O)C(=O)N2c2ccc(N3CCN(C)CC3)cc2)c1. The molecule has 1 unspecified atom stereocenters. The highest BCUT2D eigenvalue weighted by Crippen LogP contribution is 2.43. The van der Waals surface area contributed by atoms with Crippen molar-refractivity contribution in [1.82, 2.24) is 4.90 Å². The van der Waals surface area contributed by atoms with Crippen molar-refractivity contribution < 1.29 is 19.4 Å². The summed E-state index contributed by atoms with van der Waals surface area (Å²) in [6, 6.07) is 20.1. The number of piperazine rings is 1. The molecule has 0 radical (unpaired) electrons. The van der Waals surface area contributed by atoms with Crippen molar-refractivity contribution in [3.63, 3.8) is 0 Å². The summed E-state index contributed by atoms with van der Waals surface area (Å²) >= 11 is 0. The molecular formula is C32H34N4O4. The molecule has 1 N–H and O–H groups in total. The number of rotatable bonds is 4. The summed E-state index contributed by atoms with van der Waals surface area (Å²) in [5.41, 5.74) is 4.85. The second-order valence-electron chi connectivity index (χ2n) is 10.8. The minimum atomic E-state index is -0.764. The quantitative estimate of drug-likeness (QED) is 0.303. The monoisotopic (exact) mass is 538 g/mol. The first kappa shape index (κ1) is 26.0. The summed E-state index contributed by atoms with van der Waals surface area (Å²) in [5, 5.41) is 11.6. The van der Waals surface area contributed by atoms with Gasteiger partial charge in [0.25, 0.3) is 11.7 Å². The van der Waals surface area contributed by atoms with Gasteiger partial charge in [-0.15, -0.1) is 0 Å². The number of anilines is 3. The van der Waals surface area contributed by atoms with Crippen LogP contribution < -0.4 is 19.4 Å². The molecule has 0 spiro atoms. The Kier molecular flexibility index (Phi) is 6.72. The Balaban J connectivity index is 1.43. The minimum absolute atomic E-state index is 0.0816. The van der Waals surface area contributed by atoms with E-state index in [1.807, 2.05) is 73.5 Å². The number of nitrogens with zero attached hydrogens (tertiary/aromatic N) is 4. The molecule has 8 nitrogen and oxygen atoms in total. The summed E-state index contributed by atoms with van der Waals surface area (Å²) in [6.45, 7) is 7.13. The molecule has 8 heteroatoms. The van der Waals surface area contributed by atoms with Gasteiger partial charge < -0.3 is 24.5 Å². The number of aliphatic hydroxyl groups is 1. The predicted octanol–water partition coefficient (Wildman–Crippen LogP) is 4.20. The largest absolute Gasteiger partial charge is 0.507 e. The van der Waals surface area contributed by atoms with Gasteiger partial charge in [0.1, 0.15) is 18.1 Å². The van der Waals surface area contributed by atoms with E-state index in [9.17, 15) is 14.7 Å². The Morgan fingerprint density at radius 1 is 0.875 bits per heavy atom. The fourth-order valence-corrected chi connectivity index (χ4v) is 5.80. The lowest BCUT2D eigenvalue weighted by Crippen LogP contribution is -2.44. The van der Waals surface area contributed by atoms with Gasteiger partial charge in [-0.2, -0.15) is 0 Å². The molecule has 206 valence electrons. The molecule has 3 heterocycles. The van der Waals surface area contributed by atoms with E-state index in [0.29, 0.717) is 17.9 Å². The zero-order valence-electron chi connectivity index (χ0n) is 23.1. The van der Waals surface area contributed by atoms with Gasteiger partial charge in [0.2, 0.25) is 0 Å². The molecule has 1 amide bonds. The van der Waals surface area contributed by atoms with Crippen LogP contribution >= 0.6 is 0 Å². The maximum atomic E-state index is 13.6. The first-order valence-corrected chi connectivity index (χ1v) is 13.7. The van der Waals surface area contributed by atoms with Gasteiger partial charge in [-0.25, -0.2) is 0 Å². The molecule has 3 aromatic rings. The highest BCUT2D eigenvalue weighted by molar-refractivity contribution is 6.51. The van der Waals surface area contributed by atoms with Crippen molar-refractivity contribution in [1.29, 1.82) is 0 Å². The molecule has 0 saturated carbocycles. The average Bonchev–Trinajstić information content (AvgIpc) is 3.23. The maximum absolute atomic E-state index is 13.6. The van der Waals surface area contributed by atoms with Crippen molar-refractivity contribution in [3.05, 3.63) is 89.0 Å². The smallest absolute Gasteiger partial charge is 0.300 e. The fraction of sp³-hybridized carbons (Fsp3) is 0.312. The van der Waals surface area contributed by atoms with Crippen LogP contribution in [0.5, 0.6) is 5.75 Å². The van der Waals surface area contributed by atoms with Crippen LogP contribution in [0.15, 0.2) is 72.3 Å². The topological polar surface area (TPSA) is 76.6 Å². The second kappa shape index (κ2) is 10.4. The number of hydrogen-bond acceptors (Lipinski definition) is 7. The van der Waals surface area contributed by atoms with Crippen LogP contribution in [0.1, 0.15) is 22.7 Å². The van der Waals surface area contributed by atoms with Gasteiger partial charge >= 0.3 is 0 Å². The number of ether oxygens (including phenoxy) is 1. The van der Waals surface area contributed by atoms with E-state index < -0.39 is 17.7 Å². The Morgan fingerprint density at radius 2 is 1.60 bits per heavy atom. The summed E-state index contributed by atoms with van der Waals surface area (Å²) in [4.78, 5) is 35.4. The molecule has 1 atom stereocenters. The van der Waals surface area contributed by atoms with E-state index in [1.165, 1.54) is 4.90 Å². The van der Waals surface area contributed by atoms with Crippen molar-refractivity contribution in [2.24, 2.45) is 0 Å². The van der Waals surface area contributed by atoms with Gasteiger partial charge in [-0.05, 0) is 62.0 Å². The summed E-state index contributed by atoms with van der Waals surface area (Å²) in [7, 11) is 4.08. The predicted molar refractivity (Wildman–Crippen MR) is 157 cm³/mol. The van der Waals surface area contributed by atoms with E-state index in [2.05, 4.69) is 16.8 Å².